The van der Waals surface area contributed by atoms with Crippen molar-refractivity contribution in [1.29, 1.82) is 0 Å². The van der Waals surface area contributed by atoms with Gasteiger partial charge in [0.1, 0.15) is 5.82 Å². The van der Waals surface area contributed by atoms with Crippen LogP contribution in [0.15, 0.2) is 66.7 Å². The lowest BCUT2D eigenvalue weighted by molar-refractivity contribution is 0.0697. The maximum atomic E-state index is 11.1. The molecule has 0 aliphatic heterocycles. The third kappa shape index (κ3) is 3.32. The average molecular weight is 363 g/mol. The fourth-order valence-electron chi connectivity index (χ4n) is 2.90. The van der Waals surface area contributed by atoms with Crippen LogP contribution in [-0.4, -0.2) is 21.0 Å². The number of hydrogen-bond donors (Lipinski definition) is 2. The summed E-state index contributed by atoms with van der Waals surface area (Å²) >= 11 is 5.92. The highest BCUT2D eigenvalue weighted by Crippen LogP contribution is 2.23. The molecule has 4 nitrogen and oxygen atoms in total. The second kappa shape index (κ2) is 6.65. The first-order valence-corrected chi connectivity index (χ1v) is 8.53. The van der Waals surface area contributed by atoms with E-state index < -0.39 is 5.97 Å². The Hall–Kier alpha value is -3.11. The molecule has 0 aliphatic rings. The van der Waals surface area contributed by atoms with E-state index in [2.05, 4.69) is 22.1 Å². The second-order valence-electron chi connectivity index (χ2n) is 6.12. The van der Waals surface area contributed by atoms with Gasteiger partial charge in [0.2, 0.25) is 0 Å². The summed E-state index contributed by atoms with van der Waals surface area (Å²) in [5, 5.41) is 9.83. The molecule has 1 heterocycles. The van der Waals surface area contributed by atoms with Gasteiger partial charge in [-0.15, -0.1) is 0 Å². The number of carbonyl (C=O) groups is 1. The minimum Gasteiger partial charge on any atom is -0.478 e. The second-order valence-corrected chi connectivity index (χ2v) is 6.56. The minimum atomic E-state index is -0.949. The normalized spacial score (nSPS) is 11.0. The summed E-state index contributed by atoms with van der Waals surface area (Å²) in [4.78, 5) is 18.8. The number of benzene rings is 3. The zero-order valence-electron chi connectivity index (χ0n) is 13.7. The molecule has 0 aliphatic carbocycles. The van der Waals surface area contributed by atoms with Gasteiger partial charge in [-0.3, -0.25) is 0 Å². The molecule has 4 rings (SSSR count). The van der Waals surface area contributed by atoms with Crippen molar-refractivity contribution in [3.63, 3.8) is 0 Å². The van der Waals surface area contributed by atoms with E-state index in [1.807, 2.05) is 36.4 Å². The van der Waals surface area contributed by atoms with E-state index in [0.717, 1.165) is 28.3 Å². The van der Waals surface area contributed by atoms with E-state index in [1.54, 1.807) is 18.2 Å². The van der Waals surface area contributed by atoms with E-state index >= 15 is 0 Å². The summed E-state index contributed by atoms with van der Waals surface area (Å²) in [6, 6.07) is 20.9. The highest BCUT2D eigenvalue weighted by molar-refractivity contribution is 6.30. The molecule has 0 unspecified atom stereocenters. The number of aromatic amines is 1. The van der Waals surface area contributed by atoms with Crippen molar-refractivity contribution in [2.24, 2.45) is 0 Å². The summed E-state index contributed by atoms with van der Waals surface area (Å²) in [6.45, 7) is 0. The Morgan fingerprint density at radius 1 is 0.962 bits per heavy atom. The van der Waals surface area contributed by atoms with E-state index in [4.69, 9.17) is 16.7 Å². The third-order valence-electron chi connectivity index (χ3n) is 4.28. The van der Waals surface area contributed by atoms with E-state index in [1.165, 1.54) is 11.1 Å². The minimum absolute atomic E-state index is 0.242. The van der Waals surface area contributed by atoms with Crippen LogP contribution in [0.2, 0.25) is 5.02 Å². The van der Waals surface area contributed by atoms with Gasteiger partial charge in [-0.2, -0.15) is 0 Å². The predicted molar refractivity (Wildman–Crippen MR) is 103 cm³/mol. The van der Waals surface area contributed by atoms with Crippen LogP contribution in [0.3, 0.4) is 0 Å². The number of carboxylic acid groups (broad SMARTS) is 1. The Morgan fingerprint density at radius 3 is 2.27 bits per heavy atom. The largest absolute Gasteiger partial charge is 0.478 e. The van der Waals surface area contributed by atoms with Gasteiger partial charge in [-0.1, -0.05) is 48.0 Å². The molecule has 128 valence electrons. The maximum Gasteiger partial charge on any atom is 0.335 e. The van der Waals surface area contributed by atoms with Crippen molar-refractivity contribution in [3.05, 3.63) is 88.4 Å². The molecule has 0 atom stereocenters. The number of nitrogens with one attached hydrogen (secondary N) is 1. The van der Waals surface area contributed by atoms with Crippen LogP contribution in [0.25, 0.3) is 22.4 Å². The summed E-state index contributed by atoms with van der Waals surface area (Å²) in [7, 11) is 0. The van der Waals surface area contributed by atoms with Gasteiger partial charge in [-0.05, 0) is 47.9 Å². The molecule has 2 N–H and O–H groups in total. The molecule has 0 bridgehead atoms. The van der Waals surface area contributed by atoms with E-state index in [9.17, 15) is 4.79 Å². The van der Waals surface area contributed by atoms with Crippen LogP contribution in [0.5, 0.6) is 0 Å². The number of rotatable bonds is 4. The number of halogens is 1. The lowest BCUT2D eigenvalue weighted by Crippen LogP contribution is -1.94. The number of aromatic carboxylic acids is 1. The highest BCUT2D eigenvalue weighted by atomic mass is 35.5. The van der Waals surface area contributed by atoms with Crippen molar-refractivity contribution in [2.45, 2.75) is 6.42 Å². The van der Waals surface area contributed by atoms with Crippen LogP contribution < -0.4 is 0 Å². The van der Waals surface area contributed by atoms with Crippen molar-refractivity contribution in [1.82, 2.24) is 9.97 Å². The van der Waals surface area contributed by atoms with Gasteiger partial charge in [0.15, 0.2) is 0 Å². The van der Waals surface area contributed by atoms with Gasteiger partial charge in [0, 0.05) is 10.6 Å². The van der Waals surface area contributed by atoms with E-state index in [0.29, 0.717) is 5.52 Å². The van der Waals surface area contributed by atoms with E-state index in [-0.39, 0.29) is 5.56 Å². The van der Waals surface area contributed by atoms with Gasteiger partial charge >= 0.3 is 5.97 Å². The molecular formula is C21H15ClN2O2. The number of hydrogen-bond acceptors (Lipinski definition) is 2. The SMILES string of the molecule is O=C(O)c1ccc2nc(-c3ccc(Cc4ccc(Cl)cc4)cc3)[nH]c2c1. The first-order valence-electron chi connectivity index (χ1n) is 8.15. The summed E-state index contributed by atoms with van der Waals surface area (Å²) in [6.07, 6.45) is 0.833. The first-order chi connectivity index (χ1) is 12.6. The molecule has 0 fully saturated rings. The standard InChI is InChI=1S/C21H15ClN2O2/c22-17-8-3-14(4-9-17)11-13-1-5-15(6-2-13)20-23-18-10-7-16(21(25)26)12-19(18)24-20/h1-10,12H,11H2,(H,23,24)(H,25,26). The summed E-state index contributed by atoms with van der Waals surface area (Å²) < 4.78 is 0. The van der Waals surface area contributed by atoms with Crippen LogP contribution in [0.4, 0.5) is 0 Å². The Balaban J connectivity index is 1.59. The number of aromatic nitrogens is 2. The van der Waals surface area contributed by atoms with Gasteiger partial charge < -0.3 is 10.1 Å². The molecule has 4 aromatic rings. The molecule has 1 aromatic heterocycles. The van der Waals surface area contributed by atoms with Gasteiger partial charge in [0.05, 0.1) is 16.6 Å². The number of imidazole rings is 1. The Labute approximate surface area is 155 Å². The molecular weight excluding hydrogens is 348 g/mol. The molecule has 0 saturated heterocycles. The fraction of sp³-hybridized carbons (Fsp3) is 0.0476. The Kier molecular flexibility index (Phi) is 4.19. The smallest absolute Gasteiger partial charge is 0.335 e. The number of carboxylic acids is 1. The monoisotopic (exact) mass is 362 g/mol. The summed E-state index contributed by atoms with van der Waals surface area (Å²) in [5.41, 5.74) is 5.05. The zero-order valence-corrected chi connectivity index (χ0v) is 14.5. The molecule has 0 saturated carbocycles. The number of nitrogens with zero attached hydrogens (tertiary/aromatic N) is 1. The fourth-order valence-corrected chi connectivity index (χ4v) is 3.02. The Morgan fingerprint density at radius 2 is 1.62 bits per heavy atom. The Bertz CT molecular complexity index is 1080. The van der Waals surface area contributed by atoms with Crippen molar-refractivity contribution < 1.29 is 9.90 Å². The molecule has 0 radical (unpaired) electrons. The van der Waals surface area contributed by atoms with Crippen LogP contribution in [0, 0.1) is 0 Å². The van der Waals surface area contributed by atoms with Gasteiger partial charge in [0.25, 0.3) is 0 Å². The molecule has 3 aromatic carbocycles. The molecule has 0 amide bonds. The lowest BCUT2D eigenvalue weighted by Gasteiger charge is -2.03. The third-order valence-corrected chi connectivity index (χ3v) is 4.53. The maximum absolute atomic E-state index is 11.1. The lowest BCUT2D eigenvalue weighted by atomic mass is 10.0. The van der Waals surface area contributed by atoms with Crippen LogP contribution in [0.1, 0.15) is 21.5 Å². The summed E-state index contributed by atoms with van der Waals surface area (Å²) in [5.74, 6) is -0.227. The van der Waals surface area contributed by atoms with Crippen LogP contribution >= 0.6 is 11.6 Å². The quantitative estimate of drug-likeness (QED) is 0.526. The zero-order chi connectivity index (χ0) is 18.1. The highest BCUT2D eigenvalue weighted by Gasteiger charge is 2.09. The molecule has 5 heteroatoms. The predicted octanol–water partition coefficient (Wildman–Crippen LogP) is 5.17. The molecule has 0 spiro atoms. The number of fused-ring (bicyclic) bond motifs is 1. The van der Waals surface area contributed by atoms with Crippen LogP contribution in [-0.2, 0) is 6.42 Å². The van der Waals surface area contributed by atoms with Crippen molar-refractivity contribution in [3.8, 4) is 11.4 Å². The topological polar surface area (TPSA) is 66.0 Å². The van der Waals surface area contributed by atoms with Gasteiger partial charge in [-0.25, -0.2) is 9.78 Å². The molecule has 26 heavy (non-hydrogen) atoms. The average Bonchev–Trinajstić information content (AvgIpc) is 3.07. The first kappa shape index (κ1) is 16.4. The van der Waals surface area contributed by atoms with Crippen molar-refractivity contribution >= 4 is 28.6 Å². The number of H-pyrrole nitrogens is 1. The van der Waals surface area contributed by atoms with Crippen molar-refractivity contribution in [2.75, 3.05) is 0 Å².